The second kappa shape index (κ2) is 6.70. The third-order valence-corrected chi connectivity index (χ3v) is 3.01. The quantitative estimate of drug-likeness (QED) is 0.640. The molecule has 21 heavy (non-hydrogen) atoms. The molecule has 0 atom stereocenters. The molecule has 0 aromatic heterocycles. The Balaban J connectivity index is 1.96. The minimum absolute atomic E-state index is 0.372. The first kappa shape index (κ1) is 14.8. The molecular weight excluding hydrogens is 266 g/mol. The van der Waals surface area contributed by atoms with Gasteiger partial charge in [-0.3, -0.25) is 0 Å². The standard InChI is InChI=1S/C17H17NO3/c1-13-7-6-10-15(11-13)16(19)21-17(20)18(2)12-14-8-4-3-5-9-14/h3-11H,12H2,1-2H3. The van der Waals surface area contributed by atoms with Gasteiger partial charge in [-0.15, -0.1) is 0 Å². The third-order valence-electron chi connectivity index (χ3n) is 3.01. The molecule has 0 saturated carbocycles. The molecule has 1 amide bonds. The molecule has 2 aromatic carbocycles. The monoisotopic (exact) mass is 283 g/mol. The predicted octanol–water partition coefficient (Wildman–Crippen LogP) is 3.40. The van der Waals surface area contributed by atoms with E-state index in [1.807, 2.05) is 43.3 Å². The zero-order chi connectivity index (χ0) is 15.2. The maximum absolute atomic E-state index is 11.9. The summed E-state index contributed by atoms with van der Waals surface area (Å²) in [6.45, 7) is 2.26. The maximum atomic E-state index is 11.9. The molecule has 2 aromatic rings. The number of hydrogen-bond acceptors (Lipinski definition) is 3. The summed E-state index contributed by atoms with van der Waals surface area (Å²) in [6, 6.07) is 16.5. The highest BCUT2D eigenvalue weighted by atomic mass is 16.6. The average Bonchev–Trinajstić information content (AvgIpc) is 2.48. The van der Waals surface area contributed by atoms with Gasteiger partial charge in [0.1, 0.15) is 0 Å². The van der Waals surface area contributed by atoms with Crippen molar-refractivity contribution in [1.29, 1.82) is 0 Å². The van der Waals surface area contributed by atoms with Crippen LogP contribution in [0.1, 0.15) is 21.5 Å². The lowest BCUT2D eigenvalue weighted by atomic mass is 10.1. The summed E-state index contributed by atoms with van der Waals surface area (Å²) in [7, 11) is 1.60. The molecule has 0 unspecified atom stereocenters. The van der Waals surface area contributed by atoms with E-state index < -0.39 is 12.1 Å². The summed E-state index contributed by atoms with van der Waals surface area (Å²) in [5, 5.41) is 0. The first-order chi connectivity index (χ1) is 10.1. The fourth-order valence-electron chi connectivity index (χ4n) is 1.91. The van der Waals surface area contributed by atoms with Gasteiger partial charge in [0.05, 0.1) is 5.56 Å². The molecule has 108 valence electrons. The molecule has 0 saturated heterocycles. The highest BCUT2D eigenvalue weighted by Gasteiger charge is 2.17. The number of carbonyl (C=O) groups is 2. The number of amides is 1. The zero-order valence-electron chi connectivity index (χ0n) is 12.1. The van der Waals surface area contributed by atoms with Gasteiger partial charge in [0.25, 0.3) is 0 Å². The minimum atomic E-state index is -0.662. The van der Waals surface area contributed by atoms with Crippen LogP contribution in [0, 0.1) is 6.92 Å². The Morgan fingerprint density at radius 3 is 2.43 bits per heavy atom. The van der Waals surface area contributed by atoms with Crippen LogP contribution in [0.3, 0.4) is 0 Å². The number of rotatable bonds is 3. The van der Waals surface area contributed by atoms with Crippen molar-refractivity contribution in [2.45, 2.75) is 13.5 Å². The fraction of sp³-hybridized carbons (Fsp3) is 0.176. The molecule has 0 spiro atoms. The van der Waals surface area contributed by atoms with Crippen LogP contribution in [0.5, 0.6) is 0 Å². The molecule has 0 fully saturated rings. The Morgan fingerprint density at radius 1 is 1.05 bits per heavy atom. The zero-order valence-corrected chi connectivity index (χ0v) is 12.1. The van der Waals surface area contributed by atoms with Gasteiger partial charge in [0, 0.05) is 13.6 Å². The molecule has 0 aliphatic rings. The summed E-state index contributed by atoms with van der Waals surface area (Å²) >= 11 is 0. The second-order valence-corrected chi connectivity index (χ2v) is 4.87. The van der Waals surface area contributed by atoms with E-state index in [4.69, 9.17) is 4.74 Å². The first-order valence-corrected chi connectivity index (χ1v) is 6.64. The summed E-state index contributed by atoms with van der Waals surface area (Å²) in [5.74, 6) is -0.636. The van der Waals surface area contributed by atoms with Gasteiger partial charge in [0.15, 0.2) is 0 Å². The van der Waals surface area contributed by atoms with Crippen molar-refractivity contribution in [3.63, 3.8) is 0 Å². The summed E-state index contributed by atoms with van der Waals surface area (Å²) < 4.78 is 4.87. The van der Waals surface area contributed by atoms with E-state index in [0.29, 0.717) is 12.1 Å². The van der Waals surface area contributed by atoms with Gasteiger partial charge in [-0.2, -0.15) is 0 Å². The highest BCUT2D eigenvalue weighted by molar-refractivity contribution is 5.96. The molecule has 0 aliphatic carbocycles. The predicted molar refractivity (Wildman–Crippen MR) is 79.9 cm³/mol. The lowest BCUT2D eigenvalue weighted by Crippen LogP contribution is -2.29. The first-order valence-electron chi connectivity index (χ1n) is 6.64. The van der Waals surface area contributed by atoms with Gasteiger partial charge < -0.3 is 9.64 Å². The number of ether oxygens (including phenoxy) is 1. The lowest BCUT2D eigenvalue weighted by Gasteiger charge is -2.16. The van der Waals surface area contributed by atoms with E-state index >= 15 is 0 Å². The van der Waals surface area contributed by atoms with Gasteiger partial charge >= 0.3 is 12.1 Å². The van der Waals surface area contributed by atoms with Gasteiger partial charge in [-0.25, -0.2) is 9.59 Å². The Hall–Kier alpha value is -2.62. The third kappa shape index (κ3) is 4.18. The Kier molecular flexibility index (Phi) is 4.72. The van der Waals surface area contributed by atoms with Crippen molar-refractivity contribution in [1.82, 2.24) is 4.90 Å². The van der Waals surface area contributed by atoms with E-state index in [2.05, 4.69) is 0 Å². The summed E-state index contributed by atoms with van der Waals surface area (Å²) in [5.41, 5.74) is 2.28. The Morgan fingerprint density at radius 2 is 1.76 bits per heavy atom. The van der Waals surface area contributed by atoms with Crippen molar-refractivity contribution in [3.05, 3.63) is 71.3 Å². The van der Waals surface area contributed by atoms with Crippen molar-refractivity contribution in [2.75, 3.05) is 7.05 Å². The molecule has 2 rings (SSSR count). The van der Waals surface area contributed by atoms with Crippen molar-refractivity contribution >= 4 is 12.1 Å². The second-order valence-electron chi connectivity index (χ2n) is 4.87. The highest BCUT2D eigenvalue weighted by Crippen LogP contribution is 2.08. The van der Waals surface area contributed by atoms with Crippen LogP contribution in [-0.4, -0.2) is 24.0 Å². The van der Waals surface area contributed by atoms with Crippen LogP contribution in [0.15, 0.2) is 54.6 Å². The normalized spacial score (nSPS) is 10.0. The van der Waals surface area contributed by atoms with Crippen molar-refractivity contribution in [3.8, 4) is 0 Å². The van der Waals surface area contributed by atoms with E-state index in [0.717, 1.165) is 11.1 Å². The van der Waals surface area contributed by atoms with Gasteiger partial charge in [0.2, 0.25) is 0 Å². The number of benzene rings is 2. The van der Waals surface area contributed by atoms with Crippen molar-refractivity contribution in [2.24, 2.45) is 0 Å². The van der Waals surface area contributed by atoms with E-state index in [-0.39, 0.29) is 0 Å². The molecule has 0 N–H and O–H groups in total. The van der Waals surface area contributed by atoms with E-state index in [1.165, 1.54) is 4.90 Å². The van der Waals surface area contributed by atoms with Crippen LogP contribution in [-0.2, 0) is 11.3 Å². The largest absolute Gasteiger partial charge is 0.417 e. The number of hydrogen-bond donors (Lipinski definition) is 0. The Bertz CT molecular complexity index is 637. The topological polar surface area (TPSA) is 46.6 Å². The number of nitrogens with zero attached hydrogens (tertiary/aromatic N) is 1. The average molecular weight is 283 g/mol. The lowest BCUT2D eigenvalue weighted by molar-refractivity contribution is 0.0554. The molecule has 0 bridgehead atoms. The number of carbonyl (C=O) groups excluding carboxylic acids is 2. The Labute approximate surface area is 124 Å². The van der Waals surface area contributed by atoms with Crippen LogP contribution >= 0.6 is 0 Å². The number of aryl methyl sites for hydroxylation is 1. The van der Waals surface area contributed by atoms with Gasteiger partial charge in [-0.1, -0.05) is 48.0 Å². The summed E-state index contributed by atoms with van der Waals surface area (Å²) in [4.78, 5) is 25.2. The summed E-state index contributed by atoms with van der Waals surface area (Å²) in [6.07, 6.45) is -0.662. The molecule has 0 aliphatic heterocycles. The van der Waals surface area contributed by atoms with Gasteiger partial charge in [-0.05, 0) is 24.6 Å². The van der Waals surface area contributed by atoms with Crippen LogP contribution in [0.2, 0.25) is 0 Å². The number of esters is 1. The molecule has 0 radical (unpaired) electrons. The molecular formula is C17H17NO3. The minimum Gasteiger partial charge on any atom is -0.372 e. The molecule has 4 heteroatoms. The molecule has 4 nitrogen and oxygen atoms in total. The van der Waals surface area contributed by atoms with E-state index in [9.17, 15) is 9.59 Å². The van der Waals surface area contributed by atoms with E-state index in [1.54, 1.807) is 25.2 Å². The molecule has 0 heterocycles. The van der Waals surface area contributed by atoms with Crippen LogP contribution in [0.25, 0.3) is 0 Å². The smallest absolute Gasteiger partial charge is 0.372 e. The van der Waals surface area contributed by atoms with Crippen LogP contribution in [0.4, 0.5) is 4.79 Å². The SMILES string of the molecule is Cc1cccc(C(=O)OC(=O)N(C)Cc2ccccc2)c1. The maximum Gasteiger partial charge on any atom is 0.417 e. The van der Waals surface area contributed by atoms with Crippen LogP contribution < -0.4 is 0 Å². The fourth-order valence-corrected chi connectivity index (χ4v) is 1.91. The van der Waals surface area contributed by atoms with Crippen molar-refractivity contribution < 1.29 is 14.3 Å².